The summed E-state index contributed by atoms with van der Waals surface area (Å²) in [5.41, 5.74) is 0.944. The van der Waals surface area contributed by atoms with E-state index in [9.17, 15) is 0 Å². The van der Waals surface area contributed by atoms with Gasteiger partial charge in [0.1, 0.15) is 11.5 Å². The number of nitriles is 1. The second-order valence-corrected chi connectivity index (χ2v) is 3.45. The first-order valence-electron chi connectivity index (χ1n) is 5.27. The molecule has 0 aliphatic heterocycles. The molecule has 0 aromatic heterocycles. The number of rotatable bonds is 3. The molecule has 0 atom stereocenters. The van der Waals surface area contributed by atoms with E-state index in [1.165, 1.54) is 6.08 Å². The van der Waals surface area contributed by atoms with Crippen LogP contribution < -0.4 is 4.74 Å². The third-order valence-corrected chi connectivity index (χ3v) is 2.19. The van der Waals surface area contributed by atoms with Crippen molar-refractivity contribution in [3.05, 3.63) is 66.2 Å². The van der Waals surface area contributed by atoms with Crippen molar-refractivity contribution < 1.29 is 4.74 Å². The maximum Gasteiger partial charge on any atom is 0.128 e. The molecule has 0 aliphatic carbocycles. The number of benzene rings is 2. The molecule has 0 radical (unpaired) electrons. The van der Waals surface area contributed by atoms with Crippen molar-refractivity contribution in [1.29, 1.82) is 5.26 Å². The van der Waals surface area contributed by atoms with Gasteiger partial charge in [-0.1, -0.05) is 30.3 Å². The van der Waals surface area contributed by atoms with Gasteiger partial charge in [-0.25, -0.2) is 0 Å². The highest BCUT2D eigenvalue weighted by Crippen LogP contribution is 2.22. The normalized spacial score (nSPS) is 10.1. The molecule has 2 rings (SSSR count). The number of nitrogens with zero attached hydrogens (tertiary/aromatic N) is 1. The zero-order valence-electron chi connectivity index (χ0n) is 9.21. The molecule has 0 spiro atoms. The van der Waals surface area contributed by atoms with Crippen molar-refractivity contribution in [2.75, 3.05) is 0 Å². The summed E-state index contributed by atoms with van der Waals surface area (Å²) in [6, 6.07) is 19.2. The molecule has 2 heteroatoms. The summed E-state index contributed by atoms with van der Waals surface area (Å²) in [7, 11) is 0. The first-order chi connectivity index (χ1) is 8.38. The fourth-order valence-corrected chi connectivity index (χ4v) is 1.44. The van der Waals surface area contributed by atoms with Crippen molar-refractivity contribution in [2.45, 2.75) is 0 Å². The number of allylic oxidation sites excluding steroid dienone is 1. The van der Waals surface area contributed by atoms with E-state index in [-0.39, 0.29) is 0 Å². The van der Waals surface area contributed by atoms with E-state index in [4.69, 9.17) is 10.00 Å². The van der Waals surface area contributed by atoms with Gasteiger partial charge in [-0.05, 0) is 35.9 Å². The average molecular weight is 221 g/mol. The predicted octanol–water partition coefficient (Wildman–Crippen LogP) is 4.02. The summed E-state index contributed by atoms with van der Waals surface area (Å²) in [4.78, 5) is 0. The molecular weight excluding hydrogens is 210 g/mol. The minimum Gasteiger partial charge on any atom is -0.457 e. The van der Waals surface area contributed by atoms with Gasteiger partial charge in [0.15, 0.2) is 0 Å². The first kappa shape index (κ1) is 11.0. The van der Waals surface area contributed by atoms with Crippen molar-refractivity contribution in [3.8, 4) is 17.6 Å². The largest absolute Gasteiger partial charge is 0.457 e. The van der Waals surface area contributed by atoms with E-state index >= 15 is 0 Å². The lowest BCUT2D eigenvalue weighted by atomic mass is 10.2. The quantitative estimate of drug-likeness (QED) is 0.733. The summed E-state index contributed by atoms with van der Waals surface area (Å²) in [6.07, 6.45) is 3.19. The second kappa shape index (κ2) is 5.53. The maximum atomic E-state index is 8.46. The van der Waals surface area contributed by atoms with Gasteiger partial charge in [0.2, 0.25) is 0 Å². The third-order valence-electron chi connectivity index (χ3n) is 2.19. The van der Waals surface area contributed by atoms with Crippen molar-refractivity contribution in [1.82, 2.24) is 0 Å². The third kappa shape index (κ3) is 3.22. The molecule has 0 aliphatic rings. The Morgan fingerprint density at radius 3 is 2.47 bits per heavy atom. The van der Waals surface area contributed by atoms with Crippen LogP contribution in [0.15, 0.2) is 60.7 Å². The van der Waals surface area contributed by atoms with Crippen molar-refractivity contribution in [2.24, 2.45) is 0 Å². The smallest absolute Gasteiger partial charge is 0.128 e. The fourth-order valence-electron chi connectivity index (χ4n) is 1.44. The van der Waals surface area contributed by atoms with Crippen LogP contribution in [-0.2, 0) is 0 Å². The van der Waals surface area contributed by atoms with E-state index in [2.05, 4.69) is 0 Å². The van der Waals surface area contributed by atoms with E-state index in [1.54, 1.807) is 6.08 Å². The summed E-state index contributed by atoms with van der Waals surface area (Å²) >= 11 is 0. The highest BCUT2D eigenvalue weighted by Gasteiger charge is 1.96. The van der Waals surface area contributed by atoms with Gasteiger partial charge >= 0.3 is 0 Å². The number of para-hydroxylation sites is 1. The molecule has 0 heterocycles. The standard InChI is InChI=1S/C15H11NO/c16-11-5-7-13-6-4-10-15(12-13)17-14-8-2-1-3-9-14/h1-10,12H. The average Bonchev–Trinajstić information content (AvgIpc) is 2.38. The van der Waals surface area contributed by atoms with Gasteiger partial charge in [-0.15, -0.1) is 0 Å². The number of hydrogen-bond acceptors (Lipinski definition) is 2. The molecule has 0 saturated carbocycles. The Bertz CT molecular complexity index is 553. The van der Waals surface area contributed by atoms with Gasteiger partial charge in [0, 0.05) is 6.08 Å². The SMILES string of the molecule is N#CC=Cc1cccc(Oc2ccccc2)c1. The van der Waals surface area contributed by atoms with Gasteiger partial charge in [0.25, 0.3) is 0 Å². The van der Waals surface area contributed by atoms with E-state index in [0.717, 1.165) is 17.1 Å². The van der Waals surface area contributed by atoms with E-state index < -0.39 is 0 Å². The molecule has 0 saturated heterocycles. The lowest BCUT2D eigenvalue weighted by Gasteiger charge is -2.05. The number of hydrogen-bond donors (Lipinski definition) is 0. The van der Waals surface area contributed by atoms with Gasteiger partial charge in [-0.3, -0.25) is 0 Å². The topological polar surface area (TPSA) is 33.0 Å². The van der Waals surface area contributed by atoms with Crippen molar-refractivity contribution in [3.63, 3.8) is 0 Å². The zero-order valence-corrected chi connectivity index (χ0v) is 9.21. The van der Waals surface area contributed by atoms with Crippen LogP contribution in [0, 0.1) is 11.3 Å². The first-order valence-corrected chi connectivity index (χ1v) is 5.27. The monoisotopic (exact) mass is 221 g/mol. The molecule has 0 amide bonds. The summed E-state index contributed by atoms with van der Waals surface area (Å²) < 4.78 is 5.68. The predicted molar refractivity (Wildman–Crippen MR) is 67.6 cm³/mol. The Morgan fingerprint density at radius 2 is 1.71 bits per heavy atom. The zero-order chi connectivity index (χ0) is 11.9. The summed E-state index contributed by atoms with van der Waals surface area (Å²) in [5, 5.41) is 8.46. The minimum atomic E-state index is 0.760. The van der Waals surface area contributed by atoms with E-state index in [0.29, 0.717) is 0 Å². The van der Waals surface area contributed by atoms with E-state index in [1.807, 2.05) is 60.7 Å². The number of ether oxygens (including phenoxy) is 1. The van der Waals surface area contributed by atoms with Crippen LogP contribution >= 0.6 is 0 Å². The maximum absolute atomic E-state index is 8.46. The Labute approximate surface area is 100 Å². The Kier molecular flexibility index (Phi) is 3.57. The van der Waals surface area contributed by atoms with Crippen LogP contribution in [0.25, 0.3) is 6.08 Å². The Hall–Kier alpha value is -2.53. The molecule has 0 bridgehead atoms. The van der Waals surface area contributed by atoms with Crippen LogP contribution in [0.2, 0.25) is 0 Å². The highest BCUT2D eigenvalue weighted by molar-refractivity contribution is 5.54. The van der Waals surface area contributed by atoms with Crippen LogP contribution in [0.3, 0.4) is 0 Å². The lowest BCUT2D eigenvalue weighted by Crippen LogP contribution is -1.83. The van der Waals surface area contributed by atoms with Gasteiger partial charge in [-0.2, -0.15) is 5.26 Å². The summed E-state index contributed by atoms with van der Waals surface area (Å²) in [6.45, 7) is 0. The molecule has 0 unspecified atom stereocenters. The van der Waals surface area contributed by atoms with Crippen LogP contribution in [0.5, 0.6) is 11.5 Å². The highest BCUT2D eigenvalue weighted by atomic mass is 16.5. The Morgan fingerprint density at radius 1 is 0.941 bits per heavy atom. The van der Waals surface area contributed by atoms with Crippen LogP contribution in [0.1, 0.15) is 5.56 Å². The minimum absolute atomic E-state index is 0.760. The molecule has 82 valence electrons. The molecule has 2 nitrogen and oxygen atoms in total. The molecule has 17 heavy (non-hydrogen) atoms. The molecular formula is C15H11NO. The molecule has 0 fully saturated rings. The lowest BCUT2D eigenvalue weighted by molar-refractivity contribution is 0.482. The van der Waals surface area contributed by atoms with Gasteiger partial charge in [0.05, 0.1) is 6.07 Å². The molecule has 0 N–H and O–H groups in total. The van der Waals surface area contributed by atoms with Crippen molar-refractivity contribution >= 4 is 6.08 Å². The molecule has 2 aromatic carbocycles. The van der Waals surface area contributed by atoms with Crippen LogP contribution in [-0.4, -0.2) is 0 Å². The fraction of sp³-hybridized carbons (Fsp3) is 0. The Balaban J connectivity index is 2.17. The van der Waals surface area contributed by atoms with Gasteiger partial charge < -0.3 is 4.74 Å². The van der Waals surface area contributed by atoms with Crippen LogP contribution in [0.4, 0.5) is 0 Å². The second-order valence-electron chi connectivity index (χ2n) is 3.45. The summed E-state index contributed by atoms with van der Waals surface area (Å²) in [5.74, 6) is 1.56. The molecule has 2 aromatic rings.